The Labute approximate surface area is 116 Å². The second-order valence-corrected chi connectivity index (χ2v) is 5.09. The van der Waals surface area contributed by atoms with E-state index in [1.54, 1.807) is 0 Å². The van der Waals surface area contributed by atoms with Crippen LogP contribution in [0.2, 0.25) is 0 Å². The van der Waals surface area contributed by atoms with Gasteiger partial charge in [0.15, 0.2) is 0 Å². The van der Waals surface area contributed by atoms with Gasteiger partial charge >= 0.3 is 0 Å². The molecular weight excluding hydrogens is 236 g/mol. The van der Waals surface area contributed by atoms with Crippen LogP contribution in [0.25, 0.3) is 0 Å². The second-order valence-electron chi connectivity index (χ2n) is 5.09. The smallest absolute Gasteiger partial charge is 0.254 e. The van der Waals surface area contributed by atoms with Gasteiger partial charge in [-0.25, -0.2) is 0 Å². The number of piperidine rings is 1. The van der Waals surface area contributed by atoms with Crippen molar-refractivity contribution < 1.29 is 4.79 Å². The van der Waals surface area contributed by atoms with E-state index in [4.69, 9.17) is 0 Å². The van der Waals surface area contributed by atoms with Crippen LogP contribution in [0.15, 0.2) is 24.3 Å². The van der Waals surface area contributed by atoms with Crippen molar-refractivity contribution in [2.24, 2.45) is 0 Å². The molecule has 2 rings (SSSR count). The molecule has 0 bridgehead atoms. The first-order valence-corrected chi connectivity index (χ1v) is 7.36. The molecular formula is C16H24N2O. The number of hydrogen-bond acceptors (Lipinski definition) is 2. The maximum Gasteiger partial charge on any atom is 0.254 e. The van der Waals surface area contributed by atoms with Crippen molar-refractivity contribution in [1.82, 2.24) is 10.2 Å². The molecule has 1 heterocycles. The van der Waals surface area contributed by atoms with Gasteiger partial charge in [0.2, 0.25) is 0 Å². The largest absolute Gasteiger partial charge is 0.339 e. The summed E-state index contributed by atoms with van der Waals surface area (Å²) in [5.74, 6) is 0.705. The highest BCUT2D eigenvalue weighted by molar-refractivity contribution is 5.95. The van der Waals surface area contributed by atoms with Crippen molar-refractivity contribution in [1.29, 1.82) is 0 Å². The topological polar surface area (TPSA) is 32.3 Å². The fourth-order valence-electron chi connectivity index (χ4n) is 2.86. The summed E-state index contributed by atoms with van der Waals surface area (Å²) in [7, 11) is 0. The highest BCUT2D eigenvalue weighted by Crippen LogP contribution is 2.28. The molecule has 0 saturated carbocycles. The van der Waals surface area contributed by atoms with Gasteiger partial charge in [0.1, 0.15) is 0 Å². The molecule has 0 aromatic heterocycles. The molecule has 104 valence electrons. The van der Waals surface area contributed by atoms with E-state index >= 15 is 0 Å². The molecule has 0 radical (unpaired) electrons. The third kappa shape index (κ3) is 3.16. The molecule has 0 atom stereocenters. The fraction of sp³-hybridized carbons (Fsp3) is 0.562. The number of rotatable bonds is 4. The lowest BCUT2D eigenvalue weighted by molar-refractivity contribution is 0.0771. The highest BCUT2D eigenvalue weighted by atomic mass is 16.2. The van der Waals surface area contributed by atoms with Gasteiger partial charge in [-0.2, -0.15) is 0 Å². The first kappa shape index (κ1) is 14.1. The second kappa shape index (κ2) is 6.71. The Morgan fingerprint density at radius 3 is 2.47 bits per heavy atom. The zero-order valence-corrected chi connectivity index (χ0v) is 12.0. The number of benzene rings is 1. The van der Waals surface area contributed by atoms with Crippen molar-refractivity contribution in [3.63, 3.8) is 0 Å². The molecule has 0 spiro atoms. The van der Waals surface area contributed by atoms with Crippen molar-refractivity contribution >= 4 is 5.91 Å². The Morgan fingerprint density at radius 2 is 1.84 bits per heavy atom. The van der Waals surface area contributed by atoms with E-state index in [9.17, 15) is 4.79 Å². The minimum Gasteiger partial charge on any atom is -0.339 e. The Bertz CT molecular complexity index is 421. The van der Waals surface area contributed by atoms with E-state index in [1.807, 2.05) is 30.9 Å². The van der Waals surface area contributed by atoms with Crippen LogP contribution in [0.3, 0.4) is 0 Å². The predicted octanol–water partition coefficient (Wildman–Crippen LogP) is 2.64. The Balaban J connectivity index is 2.27. The van der Waals surface area contributed by atoms with E-state index in [0.29, 0.717) is 5.92 Å². The first-order chi connectivity index (χ1) is 9.27. The van der Waals surface area contributed by atoms with Crippen molar-refractivity contribution in [3.8, 4) is 0 Å². The molecule has 1 saturated heterocycles. The van der Waals surface area contributed by atoms with E-state index in [1.165, 1.54) is 5.56 Å². The van der Waals surface area contributed by atoms with Gasteiger partial charge in [-0.3, -0.25) is 4.79 Å². The number of nitrogens with one attached hydrogen (secondary N) is 1. The van der Waals surface area contributed by atoms with Gasteiger partial charge in [-0.05, 0) is 57.3 Å². The Morgan fingerprint density at radius 1 is 1.21 bits per heavy atom. The van der Waals surface area contributed by atoms with Crippen LogP contribution in [0.5, 0.6) is 0 Å². The minimum absolute atomic E-state index is 0.180. The molecule has 1 amide bonds. The summed E-state index contributed by atoms with van der Waals surface area (Å²) in [6, 6.07) is 8.14. The zero-order valence-electron chi connectivity index (χ0n) is 12.0. The zero-order chi connectivity index (χ0) is 13.7. The lowest BCUT2D eigenvalue weighted by Gasteiger charge is -2.26. The number of hydrogen-bond donors (Lipinski definition) is 1. The Hall–Kier alpha value is -1.35. The molecule has 19 heavy (non-hydrogen) atoms. The van der Waals surface area contributed by atoms with E-state index in [2.05, 4.69) is 17.4 Å². The summed E-state index contributed by atoms with van der Waals surface area (Å²) in [5, 5.41) is 3.38. The van der Waals surface area contributed by atoms with Crippen LogP contribution in [0.4, 0.5) is 0 Å². The van der Waals surface area contributed by atoms with Crippen molar-refractivity contribution in [3.05, 3.63) is 35.4 Å². The van der Waals surface area contributed by atoms with Crippen molar-refractivity contribution in [2.75, 3.05) is 26.2 Å². The normalized spacial score (nSPS) is 16.3. The maximum atomic E-state index is 12.6. The van der Waals surface area contributed by atoms with Crippen molar-refractivity contribution in [2.45, 2.75) is 32.6 Å². The number of nitrogens with zero attached hydrogens (tertiary/aromatic N) is 1. The monoisotopic (exact) mass is 260 g/mol. The predicted molar refractivity (Wildman–Crippen MR) is 78.5 cm³/mol. The third-order valence-electron chi connectivity index (χ3n) is 4.02. The van der Waals surface area contributed by atoms with Crippen LogP contribution in [-0.2, 0) is 0 Å². The summed E-state index contributed by atoms with van der Waals surface area (Å²) in [6.07, 6.45) is 2.26. The van der Waals surface area contributed by atoms with Crippen LogP contribution < -0.4 is 5.32 Å². The van der Waals surface area contributed by atoms with Gasteiger partial charge in [-0.1, -0.05) is 18.2 Å². The molecule has 1 fully saturated rings. The van der Waals surface area contributed by atoms with Crippen LogP contribution in [-0.4, -0.2) is 37.0 Å². The summed E-state index contributed by atoms with van der Waals surface area (Å²) >= 11 is 0. The number of amides is 1. The standard InChI is InChI=1S/C16H24N2O/c1-3-18(4-2)16(19)15-8-6-5-7-14(15)13-9-11-17-12-10-13/h5-8,13,17H,3-4,9-12H2,1-2H3. The Kier molecular flexibility index (Phi) is 4.97. The number of carbonyl (C=O) groups is 1. The van der Waals surface area contributed by atoms with Gasteiger partial charge in [-0.15, -0.1) is 0 Å². The fourth-order valence-corrected chi connectivity index (χ4v) is 2.86. The van der Waals surface area contributed by atoms with Gasteiger partial charge in [0.25, 0.3) is 5.91 Å². The quantitative estimate of drug-likeness (QED) is 0.902. The summed E-state index contributed by atoms with van der Waals surface area (Å²) in [6.45, 7) is 7.73. The maximum absolute atomic E-state index is 12.6. The highest BCUT2D eigenvalue weighted by Gasteiger charge is 2.22. The van der Waals surface area contributed by atoms with Crippen LogP contribution >= 0.6 is 0 Å². The summed E-state index contributed by atoms with van der Waals surface area (Å²) in [5.41, 5.74) is 2.14. The van der Waals surface area contributed by atoms with Gasteiger partial charge < -0.3 is 10.2 Å². The molecule has 0 unspecified atom stereocenters. The third-order valence-corrected chi connectivity index (χ3v) is 4.02. The molecule has 1 aromatic carbocycles. The molecule has 1 N–H and O–H groups in total. The lowest BCUT2D eigenvalue weighted by atomic mass is 9.87. The van der Waals surface area contributed by atoms with E-state index in [-0.39, 0.29) is 5.91 Å². The average molecular weight is 260 g/mol. The average Bonchev–Trinajstić information content (AvgIpc) is 2.49. The summed E-state index contributed by atoms with van der Waals surface area (Å²) < 4.78 is 0. The molecule has 3 nitrogen and oxygen atoms in total. The summed E-state index contributed by atoms with van der Waals surface area (Å²) in [4.78, 5) is 14.5. The first-order valence-electron chi connectivity index (χ1n) is 7.36. The van der Waals surface area contributed by atoms with E-state index in [0.717, 1.165) is 44.6 Å². The van der Waals surface area contributed by atoms with E-state index < -0.39 is 0 Å². The van der Waals surface area contributed by atoms with Gasteiger partial charge in [0.05, 0.1) is 0 Å². The lowest BCUT2D eigenvalue weighted by Crippen LogP contribution is -2.32. The SMILES string of the molecule is CCN(CC)C(=O)c1ccccc1C1CCNCC1. The minimum atomic E-state index is 0.180. The van der Waals surface area contributed by atoms with Crippen LogP contribution in [0, 0.1) is 0 Å². The molecule has 3 heteroatoms. The molecule has 1 aliphatic rings. The molecule has 1 aromatic rings. The van der Waals surface area contributed by atoms with Gasteiger partial charge in [0, 0.05) is 18.7 Å². The van der Waals surface area contributed by atoms with Crippen LogP contribution in [0.1, 0.15) is 48.5 Å². The number of carbonyl (C=O) groups excluding carboxylic acids is 1. The molecule has 1 aliphatic heterocycles. The molecule has 0 aliphatic carbocycles.